The minimum atomic E-state index is -0.201. The first kappa shape index (κ1) is 18.8. The van der Waals surface area contributed by atoms with E-state index in [1.807, 2.05) is 12.1 Å². The van der Waals surface area contributed by atoms with Gasteiger partial charge in [0.25, 0.3) is 0 Å². The molecule has 0 radical (unpaired) electrons. The lowest BCUT2D eigenvalue weighted by Crippen LogP contribution is -2.41. The number of rotatable bonds is 4. The van der Waals surface area contributed by atoms with Crippen LogP contribution in [0.15, 0.2) is 36.4 Å². The molecule has 138 valence electrons. The van der Waals surface area contributed by atoms with Crippen LogP contribution < -0.4 is 5.32 Å². The number of aryl methyl sites for hydroxylation is 3. The Morgan fingerprint density at radius 2 is 1.65 bits per heavy atom. The Labute approximate surface area is 161 Å². The number of thiocarbonyl (C=S) groups is 1. The molecule has 0 bridgehead atoms. The zero-order valence-corrected chi connectivity index (χ0v) is 16.6. The molecule has 0 heterocycles. The van der Waals surface area contributed by atoms with Crippen molar-refractivity contribution in [2.24, 2.45) is 0 Å². The first-order valence-electron chi connectivity index (χ1n) is 9.34. The molecular weight excluding hydrogens is 343 g/mol. The van der Waals surface area contributed by atoms with E-state index in [0.717, 1.165) is 29.2 Å². The maximum atomic E-state index is 13.2. The van der Waals surface area contributed by atoms with E-state index in [-0.39, 0.29) is 5.82 Å². The fourth-order valence-corrected chi connectivity index (χ4v) is 4.24. The average Bonchev–Trinajstić information content (AvgIpc) is 3.11. The molecule has 0 aromatic heterocycles. The Morgan fingerprint density at radius 1 is 1.08 bits per heavy atom. The molecule has 2 aromatic carbocycles. The molecular formula is C22H27FN2S. The molecule has 1 fully saturated rings. The van der Waals surface area contributed by atoms with Crippen LogP contribution >= 0.6 is 12.2 Å². The largest absolute Gasteiger partial charge is 0.342 e. The molecule has 1 saturated carbocycles. The fourth-order valence-electron chi connectivity index (χ4n) is 3.93. The van der Waals surface area contributed by atoms with Crippen molar-refractivity contribution in [2.45, 2.75) is 59.0 Å². The van der Waals surface area contributed by atoms with Crippen LogP contribution in [0.3, 0.4) is 0 Å². The second kappa shape index (κ2) is 8.17. The molecule has 1 aliphatic rings. The third-order valence-electron chi connectivity index (χ3n) is 5.20. The summed E-state index contributed by atoms with van der Waals surface area (Å²) in [6.07, 6.45) is 4.81. The number of benzene rings is 2. The summed E-state index contributed by atoms with van der Waals surface area (Å²) >= 11 is 5.81. The summed E-state index contributed by atoms with van der Waals surface area (Å²) in [4.78, 5) is 2.29. The van der Waals surface area contributed by atoms with Crippen LogP contribution in [0, 0.1) is 26.6 Å². The quantitative estimate of drug-likeness (QED) is 0.675. The highest BCUT2D eigenvalue weighted by Gasteiger charge is 2.25. The van der Waals surface area contributed by atoms with Gasteiger partial charge < -0.3 is 10.2 Å². The molecule has 1 aliphatic carbocycles. The normalized spacial score (nSPS) is 14.5. The number of hydrogen-bond acceptors (Lipinski definition) is 1. The van der Waals surface area contributed by atoms with Crippen LogP contribution in [0.5, 0.6) is 0 Å². The summed E-state index contributed by atoms with van der Waals surface area (Å²) in [7, 11) is 0. The summed E-state index contributed by atoms with van der Waals surface area (Å²) in [6, 6.07) is 11.5. The first-order valence-corrected chi connectivity index (χ1v) is 9.75. The van der Waals surface area contributed by atoms with Gasteiger partial charge in [0.1, 0.15) is 5.82 Å². The van der Waals surface area contributed by atoms with Gasteiger partial charge in [-0.3, -0.25) is 0 Å². The van der Waals surface area contributed by atoms with Crippen molar-refractivity contribution in [3.8, 4) is 0 Å². The molecule has 26 heavy (non-hydrogen) atoms. The Bertz CT molecular complexity index is 756. The molecule has 4 heteroatoms. The first-order chi connectivity index (χ1) is 12.4. The lowest BCUT2D eigenvalue weighted by Gasteiger charge is -2.32. The van der Waals surface area contributed by atoms with E-state index < -0.39 is 0 Å². The molecule has 3 rings (SSSR count). The van der Waals surface area contributed by atoms with Gasteiger partial charge in [-0.15, -0.1) is 0 Å². The molecule has 0 unspecified atom stereocenters. The molecule has 0 spiro atoms. The van der Waals surface area contributed by atoms with Crippen molar-refractivity contribution in [3.05, 3.63) is 64.5 Å². The number of nitrogens with one attached hydrogen (secondary N) is 1. The SMILES string of the molecule is Cc1cc(C)c(NC(=S)N(Cc2ccc(F)cc2)C2CCCC2)c(C)c1. The van der Waals surface area contributed by atoms with E-state index in [9.17, 15) is 4.39 Å². The van der Waals surface area contributed by atoms with Crippen molar-refractivity contribution < 1.29 is 4.39 Å². The van der Waals surface area contributed by atoms with Crippen LogP contribution in [-0.2, 0) is 6.54 Å². The monoisotopic (exact) mass is 370 g/mol. The fraction of sp³-hybridized carbons (Fsp3) is 0.409. The van der Waals surface area contributed by atoms with Gasteiger partial charge in [0.05, 0.1) is 0 Å². The smallest absolute Gasteiger partial charge is 0.173 e. The highest BCUT2D eigenvalue weighted by atomic mass is 32.1. The van der Waals surface area contributed by atoms with Gasteiger partial charge in [-0.1, -0.05) is 42.7 Å². The minimum absolute atomic E-state index is 0.201. The third-order valence-corrected chi connectivity index (χ3v) is 5.54. The highest BCUT2D eigenvalue weighted by molar-refractivity contribution is 7.80. The second-order valence-corrected chi connectivity index (χ2v) is 7.78. The van der Waals surface area contributed by atoms with Crippen LogP contribution in [-0.4, -0.2) is 16.1 Å². The summed E-state index contributed by atoms with van der Waals surface area (Å²) in [6.45, 7) is 7.05. The number of hydrogen-bond donors (Lipinski definition) is 1. The minimum Gasteiger partial charge on any atom is -0.342 e. The number of halogens is 1. The third kappa shape index (κ3) is 4.42. The Morgan fingerprint density at radius 3 is 2.23 bits per heavy atom. The van der Waals surface area contributed by atoms with Crippen molar-refractivity contribution in [1.82, 2.24) is 4.90 Å². The molecule has 0 atom stereocenters. The second-order valence-electron chi connectivity index (χ2n) is 7.40. The van der Waals surface area contributed by atoms with E-state index >= 15 is 0 Å². The zero-order valence-electron chi connectivity index (χ0n) is 15.8. The Hall–Kier alpha value is -1.94. The topological polar surface area (TPSA) is 15.3 Å². The molecule has 2 aromatic rings. The zero-order chi connectivity index (χ0) is 18.7. The standard InChI is InChI=1S/C22H27FN2S/c1-15-12-16(2)21(17(3)13-15)24-22(26)25(20-6-4-5-7-20)14-18-8-10-19(23)11-9-18/h8-13,20H,4-7,14H2,1-3H3,(H,24,26). The highest BCUT2D eigenvalue weighted by Crippen LogP contribution is 2.28. The van der Waals surface area contributed by atoms with Gasteiger partial charge >= 0.3 is 0 Å². The van der Waals surface area contributed by atoms with Crippen LogP contribution in [0.4, 0.5) is 10.1 Å². The summed E-state index contributed by atoms with van der Waals surface area (Å²) in [5.41, 5.74) is 5.86. The number of nitrogens with zero attached hydrogens (tertiary/aromatic N) is 1. The van der Waals surface area contributed by atoms with Gasteiger partial charge in [0.2, 0.25) is 0 Å². The lowest BCUT2D eigenvalue weighted by molar-refractivity contribution is 0.312. The van der Waals surface area contributed by atoms with Crippen molar-refractivity contribution in [1.29, 1.82) is 0 Å². The van der Waals surface area contributed by atoms with E-state index in [1.54, 1.807) is 0 Å². The summed E-state index contributed by atoms with van der Waals surface area (Å²) in [5, 5.41) is 4.26. The van der Waals surface area contributed by atoms with E-state index in [4.69, 9.17) is 12.2 Å². The van der Waals surface area contributed by atoms with Crippen molar-refractivity contribution in [3.63, 3.8) is 0 Å². The Balaban J connectivity index is 1.82. The Kier molecular flexibility index (Phi) is 5.92. The van der Waals surface area contributed by atoms with E-state index in [2.05, 4.69) is 43.1 Å². The number of anilines is 1. The van der Waals surface area contributed by atoms with Gasteiger partial charge in [-0.05, 0) is 74.7 Å². The van der Waals surface area contributed by atoms with E-state index in [0.29, 0.717) is 12.6 Å². The molecule has 1 N–H and O–H groups in total. The van der Waals surface area contributed by atoms with Crippen molar-refractivity contribution in [2.75, 3.05) is 5.32 Å². The van der Waals surface area contributed by atoms with Gasteiger partial charge in [0, 0.05) is 18.3 Å². The molecule has 0 amide bonds. The van der Waals surface area contributed by atoms with Gasteiger partial charge in [-0.2, -0.15) is 0 Å². The van der Waals surface area contributed by atoms with Crippen LogP contribution in [0.25, 0.3) is 0 Å². The lowest BCUT2D eigenvalue weighted by atomic mass is 10.1. The van der Waals surface area contributed by atoms with Crippen LogP contribution in [0.1, 0.15) is 47.9 Å². The maximum Gasteiger partial charge on any atom is 0.173 e. The molecule has 0 saturated heterocycles. The molecule has 2 nitrogen and oxygen atoms in total. The van der Waals surface area contributed by atoms with Crippen molar-refractivity contribution >= 4 is 23.0 Å². The predicted molar refractivity (Wildman–Crippen MR) is 111 cm³/mol. The average molecular weight is 371 g/mol. The summed E-state index contributed by atoms with van der Waals surface area (Å²) in [5.74, 6) is -0.201. The maximum absolute atomic E-state index is 13.2. The predicted octanol–water partition coefficient (Wildman–Crippen LogP) is 5.89. The molecule has 0 aliphatic heterocycles. The van der Waals surface area contributed by atoms with Gasteiger partial charge in [0.15, 0.2) is 5.11 Å². The van der Waals surface area contributed by atoms with Gasteiger partial charge in [-0.25, -0.2) is 4.39 Å². The van der Waals surface area contributed by atoms with E-state index in [1.165, 1.54) is 41.7 Å². The summed E-state index contributed by atoms with van der Waals surface area (Å²) < 4.78 is 13.2. The van der Waals surface area contributed by atoms with Crippen LogP contribution in [0.2, 0.25) is 0 Å².